The second kappa shape index (κ2) is 11.2. The zero-order valence-corrected chi connectivity index (χ0v) is 26.2. The van der Waals surface area contributed by atoms with Crippen LogP contribution in [0.25, 0.3) is 22.2 Å². The molecule has 0 atom stereocenters. The number of piperidine rings is 1. The molecule has 0 radical (unpaired) electrons. The Labute approximate surface area is 249 Å². The van der Waals surface area contributed by atoms with E-state index in [1.807, 2.05) is 38.7 Å². The number of carbonyl (C=O) groups is 1. The smallest absolute Gasteiger partial charge is 0.410 e. The number of likely N-dealkylation sites (tertiary alicyclic amines) is 1. The number of aryl methyl sites for hydroxylation is 1. The minimum Gasteiger partial charge on any atom is -0.444 e. The van der Waals surface area contributed by atoms with Crippen LogP contribution < -0.4 is 0 Å². The van der Waals surface area contributed by atoms with Crippen LogP contribution in [0.2, 0.25) is 0 Å². The summed E-state index contributed by atoms with van der Waals surface area (Å²) < 4.78 is 34.4. The molecule has 9 heteroatoms. The molecular weight excluding hydrogens is 637 g/mol. The number of benzene rings is 2. The molecule has 40 heavy (non-hydrogen) atoms. The number of amides is 1. The second-order valence-corrected chi connectivity index (χ2v) is 14.5. The van der Waals surface area contributed by atoms with E-state index in [0.717, 1.165) is 44.9 Å². The highest BCUT2D eigenvalue weighted by Gasteiger charge is 2.27. The van der Waals surface area contributed by atoms with E-state index in [9.17, 15) is 13.2 Å². The third-order valence-electron chi connectivity index (χ3n) is 7.19. The van der Waals surface area contributed by atoms with Gasteiger partial charge in [0.1, 0.15) is 5.60 Å². The Hall–Kier alpha value is -2.92. The highest BCUT2D eigenvalue weighted by Crippen LogP contribution is 2.31. The molecule has 0 spiro atoms. The van der Waals surface area contributed by atoms with Gasteiger partial charge in [0.05, 0.1) is 4.90 Å². The predicted octanol–water partition coefficient (Wildman–Crippen LogP) is 7.04. The van der Waals surface area contributed by atoms with Crippen molar-refractivity contribution in [2.45, 2.75) is 57.5 Å². The van der Waals surface area contributed by atoms with Crippen molar-refractivity contribution in [3.8, 4) is 11.1 Å². The molecule has 5 rings (SSSR count). The first kappa shape index (κ1) is 28.6. The number of halogens is 1. The number of aromatic nitrogens is 2. The zero-order chi connectivity index (χ0) is 28.7. The van der Waals surface area contributed by atoms with E-state index in [0.29, 0.717) is 24.7 Å². The molecule has 1 aliphatic heterocycles. The van der Waals surface area contributed by atoms with E-state index in [4.69, 9.17) is 4.74 Å². The zero-order valence-electron chi connectivity index (χ0n) is 23.2. The van der Waals surface area contributed by atoms with Crippen molar-refractivity contribution in [2.24, 2.45) is 5.92 Å². The van der Waals surface area contributed by atoms with Gasteiger partial charge in [-0.05, 0) is 105 Å². The van der Waals surface area contributed by atoms with Crippen molar-refractivity contribution in [2.75, 3.05) is 13.1 Å². The van der Waals surface area contributed by atoms with Crippen molar-refractivity contribution >= 4 is 49.7 Å². The lowest BCUT2D eigenvalue weighted by Crippen LogP contribution is -2.42. The van der Waals surface area contributed by atoms with Gasteiger partial charge in [-0.25, -0.2) is 22.2 Å². The Bertz CT molecular complexity index is 1650. The maximum atomic E-state index is 13.4. The Kier molecular flexibility index (Phi) is 7.98. The number of carbonyl (C=O) groups excluding carboxylic acids is 1. The van der Waals surface area contributed by atoms with E-state index < -0.39 is 15.6 Å². The summed E-state index contributed by atoms with van der Waals surface area (Å²) in [7, 11) is -3.76. The first-order valence-corrected chi connectivity index (χ1v) is 16.0. The molecule has 4 aromatic rings. The summed E-state index contributed by atoms with van der Waals surface area (Å²) in [6.07, 6.45) is 5.98. The minimum atomic E-state index is -3.76. The molecule has 210 valence electrons. The van der Waals surface area contributed by atoms with Crippen LogP contribution in [0.15, 0.2) is 71.9 Å². The van der Waals surface area contributed by atoms with Gasteiger partial charge in [-0.1, -0.05) is 42.0 Å². The molecule has 0 bridgehead atoms. The van der Waals surface area contributed by atoms with E-state index in [-0.39, 0.29) is 11.0 Å². The summed E-state index contributed by atoms with van der Waals surface area (Å²) in [5.41, 5.74) is 4.16. The SMILES string of the molecule is Cc1ccc(S(=O)(=O)n2cc(I)c3cc(-c4cccc(CC5CCN(C(=O)OC(C)(C)C)CC5)c4)cnc32)cc1. The molecule has 1 aliphatic rings. The van der Waals surface area contributed by atoms with Gasteiger partial charge in [-0.15, -0.1) is 0 Å². The number of hydrogen-bond donors (Lipinski definition) is 0. The van der Waals surface area contributed by atoms with Crippen molar-refractivity contribution < 1.29 is 17.9 Å². The largest absolute Gasteiger partial charge is 0.444 e. The van der Waals surface area contributed by atoms with Crippen LogP contribution >= 0.6 is 22.6 Å². The Morgan fingerprint density at radius 3 is 2.42 bits per heavy atom. The van der Waals surface area contributed by atoms with Gasteiger partial charge in [-0.2, -0.15) is 0 Å². The second-order valence-electron chi connectivity index (χ2n) is 11.5. The van der Waals surface area contributed by atoms with Crippen LogP contribution in [-0.4, -0.2) is 47.1 Å². The van der Waals surface area contributed by atoms with Gasteiger partial charge in [0.15, 0.2) is 5.65 Å². The quantitative estimate of drug-likeness (QED) is 0.213. The summed E-state index contributed by atoms with van der Waals surface area (Å²) in [6, 6.07) is 17.3. The number of ether oxygens (including phenoxy) is 1. The lowest BCUT2D eigenvalue weighted by atomic mass is 9.89. The minimum absolute atomic E-state index is 0.231. The molecule has 1 amide bonds. The lowest BCUT2D eigenvalue weighted by Gasteiger charge is -2.33. The molecule has 2 aromatic heterocycles. The summed E-state index contributed by atoms with van der Waals surface area (Å²) >= 11 is 2.17. The van der Waals surface area contributed by atoms with Crippen LogP contribution in [0.5, 0.6) is 0 Å². The van der Waals surface area contributed by atoms with Crippen molar-refractivity contribution in [3.05, 3.63) is 81.7 Å². The molecule has 0 saturated carbocycles. The third kappa shape index (κ3) is 6.20. The Morgan fingerprint density at radius 2 is 1.75 bits per heavy atom. The molecule has 0 N–H and O–H groups in total. The van der Waals surface area contributed by atoms with Crippen molar-refractivity contribution in [3.63, 3.8) is 0 Å². The predicted molar refractivity (Wildman–Crippen MR) is 166 cm³/mol. The van der Waals surface area contributed by atoms with Gasteiger partial charge in [0.2, 0.25) is 0 Å². The Balaban J connectivity index is 1.32. The van der Waals surface area contributed by atoms with Gasteiger partial charge in [0.25, 0.3) is 10.0 Å². The normalized spacial score (nSPS) is 15.0. The molecule has 0 unspecified atom stereocenters. The average Bonchev–Trinajstić information content (AvgIpc) is 3.25. The number of pyridine rings is 1. The van der Waals surface area contributed by atoms with E-state index in [2.05, 4.69) is 51.8 Å². The molecule has 0 aliphatic carbocycles. The van der Waals surface area contributed by atoms with Crippen LogP contribution in [-0.2, 0) is 21.2 Å². The standard InChI is InChI=1S/C31H34IN3O4S/c1-21-8-10-26(11-9-21)40(37,38)35-20-28(32)27-18-25(19-33-29(27)35)24-7-5-6-23(17-24)16-22-12-14-34(15-13-22)30(36)39-31(2,3)4/h5-11,17-20,22H,12-16H2,1-4H3. The van der Waals surface area contributed by atoms with Crippen molar-refractivity contribution in [1.82, 2.24) is 13.9 Å². The van der Waals surface area contributed by atoms with Crippen LogP contribution in [0.3, 0.4) is 0 Å². The average molecular weight is 672 g/mol. The van der Waals surface area contributed by atoms with Gasteiger partial charge in [0, 0.05) is 40.0 Å². The summed E-state index contributed by atoms with van der Waals surface area (Å²) in [6.45, 7) is 9.02. The fourth-order valence-electron chi connectivity index (χ4n) is 5.06. The van der Waals surface area contributed by atoms with Crippen molar-refractivity contribution in [1.29, 1.82) is 0 Å². The molecule has 2 aromatic carbocycles. The summed E-state index contributed by atoms with van der Waals surface area (Å²) in [5.74, 6) is 0.497. The summed E-state index contributed by atoms with van der Waals surface area (Å²) in [5, 5.41) is 0.800. The highest BCUT2D eigenvalue weighted by molar-refractivity contribution is 14.1. The lowest BCUT2D eigenvalue weighted by molar-refractivity contribution is 0.0184. The maximum absolute atomic E-state index is 13.4. The molecule has 3 heterocycles. The molecule has 1 fully saturated rings. The number of rotatable bonds is 5. The van der Waals surface area contributed by atoms with Gasteiger partial charge >= 0.3 is 6.09 Å². The molecule has 1 saturated heterocycles. The topological polar surface area (TPSA) is 81.5 Å². The molecule has 7 nitrogen and oxygen atoms in total. The summed E-state index contributed by atoms with van der Waals surface area (Å²) in [4.78, 5) is 19.1. The third-order valence-corrected chi connectivity index (χ3v) is 9.72. The number of hydrogen-bond acceptors (Lipinski definition) is 5. The van der Waals surface area contributed by atoms with Crippen LogP contribution in [0.1, 0.15) is 44.7 Å². The van der Waals surface area contributed by atoms with Crippen LogP contribution in [0.4, 0.5) is 4.79 Å². The monoisotopic (exact) mass is 671 g/mol. The van der Waals surface area contributed by atoms with E-state index >= 15 is 0 Å². The number of fused-ring (bicyclic) bond motifs is 1. The van der Waals surface area contributed by atoms with E-state index in [1.54, 1.807) is 36.7 Å². The first-order valence-electron chi connectivity index (χ1n) is 13.5. The van der Waals surface area contributed by atoms with Crippen LogP contribution in [0, 0.1) is 16.4 Å². The van der Waals surface area contributed by atoms with E-state index in [1.165, 1.54) is 9.54 Å². The molecular formula is C31H34IN3O4S. The first-order chi connectivity index (χ1) is 18.9. The Morgan fingerprint density at radius 1 is 1.05 bits per heavy atom. The number of nitrogens with zero attached hydrogens (tertiary/aromatic N) is 3. The highest BCUT2D eigenvalue weighted by atomic mass is 127. The van der Waals surface area contributed by atoms with Gasteiger partial charge in [-0.3, -0.25) is 0 Å². The fraction of sp³-hybridized carbons (Fsp3) is 0.355. The van der Waals surface area contributed by atoms with Gasteiger partial charge < -0.3 is 9.64 Å². The maximum Gasteiger partial charge on any atom is 0.410 e. The fourth-order valence-corrected chi connectivity index (χ4v) is 7.25.